The molecule has 0 bridgehead atoms. The molecule has 0 radical (unpaired) electrons. The summed E-state index contributed by atoms with van der Waals surface area (Å²) in [5.74, 6) is -0.961. The molecule has 12 nitrogen and oxygen atoms in total. The quantitative estimate of drug-likeness (QED) is 0.237. The van der Waals surface area contributed by atoms with Crippen molar-refractivity contribution in [3.05, 3.63) is 101 Å². The van der Waals surface area contributed by atoms with Crippen molar-refractivity contribution in [2.24, 2.45) is 11.8 Å². The standard InChI is InChI=1S/C39H42N6O6/c1-24-35(38(2,3)50)32(15-18-42-23-30(40-41-42)36(48)26-7-5-4-6-8-26)51-39(24)29-21-28(44-20-17-34(44)47)13-14-31(29)45(37(39)49)22-25-9-11-27(12-10-25)43-19-16-33(43)46/h4-14,21,23-24,32,35-36,48,50H,15-20,22H2,1-3H3/t24-,32+,35-,36+,39+/m0/s1. The number of nitrogens with zero attached hydrogens (tertiary/aromatic N) is 6. The minimum absolute atomic E-state index is 0.0307. The molecule has 0 unspecified atom stereocenters. The number of aliphatic hydroxyl groups is 2. The summed E-state index contributed by atoms with van der Waals surface area (Å²) in [5.41, 5.74) is 2.36. The molecule has 5 atom stereocenters. The van der Waals surface area contributed by atoms with E-state index >= 15 is 0 Å². The van der Waals surface area contributed by atoms with E-state index in [1.165, 1.54) is 0 Å². The lowest BCUT2D eigenvalue weighted by Crippen LogP contribution is -2.46. The molecule has 264 valence electrons. The molecule has 1 spiro atoms. The lowest BCUT2D eigenvalue weighted by molar-refractivity contribution is -0.146. The number of hydrogen-bond donors (Lipinski definition) is 2. The lowest BCUT2D eigenvalue weighted by Gasteiger charge is -2.34. The van der Waals surface area contributed by atoms with Gasteiger partial charge in [0.05, 0.1) is 30.1 Å². The summed E-state index contributed by atoms with van der Waals surface area (Å²) in [5, 5.41) is 31.0. The van der Waals surface area contributed by atoms with Crippen molar-refractivity contribution in [3.8, 4) is 0 Å². The highest BCUT2D eigenvalue weighted by molar-refractivity contribution is 6.09. The number of benzene rings is 3. The second kappa shape index (κ2) is 12.4. The number of amides is 3. The van der Waals surface area contributed by atoms with Gasteiger partial charge in [0.2, 0.25) is 11.8 Å². The number of fused-ring (bicyclic) bond motifs is 2. The van der Waals surface area contributed by atoms with E-state index < -0.39 is 35.2 Å². The highest BCUT2D eigenvalue weighted by atomic mass is 16.5. The third-order valence-electron chi connectivity index (χ3n) is 11.2. The first-order valence-electron chi connectivity index (χ1n) is 17.6. The summed E-state index contributed by atoms with van der Waals surface area (Å²) in [6.07, 6.45) is 1.71. The van der Waals surface area contributed by atoms with Gasteiger partial charge in [-0.3, -0.25) is 19.1 Å². The Kier molecular flexibility index (Phi) is 8.08. The minimum Gasteiger partial charge on any atom is -0.390 e. The topological polar surface area (TPSA) is 141 Å². The molecule has 3 amide bonds. The number of ether oxygens (including phenoxy) is 1. The van der Waals surface area contributed by atoms with Crippen LogP contribution in [0.2, 0.25) is 0 Å². The van der Waals surface area contributed by atoms with Crippen molar-refractivity contribution in [2.45, 2.75) is 76.5 Å². The molecule has 2 N–H and O–H groups in total. The molecule has 5 heterocycles. The highest BCUT2D eigenvalue weighted by Crippen LogP contribution is 2.58. The molecule has 1 aromatic heterocycles. The Morgan fingerprint density at radius 1 is 0.941 bits per heavy atom. The van der Waals surface area contributed by atoms with E-state index in [1.54, 1.807) is 39.4 Å². The van der Waals surface area contributed by atoms with Gasteiger partial charge in [-0.2, -0.15) is 0 Å². The maximum Gasteiger partial charge on any atom is 0.264 e. The molecular weight excluding hydrogens is 648 g/mol. The van der Waals surface area contributed by atoms with Crippen molar-refractivity contribution >= 4 is 34.8 Å². The zero-order chi connectivity index (χ0) is 35.7. The molecule has 0 saturated carbocycles. The van der Waals surface area contributed by atoms with Crippen LogP contribution in [-0.2, 0) is 37.8 Å². The van der Waals surface area contributed by atoms with Crippen molar-refractivity contribution in [1.29, 1.82) is 0 Å². The number of rotatable bonds is 10. The average Bonchev–Trinajstić information content (AvgIpc) is 3.77. The van der Waals surface area contributed by atoms with Gasteiger partial charge in [-0.25, -0.2) is 0 Å². The molecule has 3 aromatic carbocycles. The number of aromatic nitrogens is 3. The fourth-order valence-corrected chi connectivity index (χ4v) is 8.41. The monoisotopic (exact) mass is 690 g/mol. The normalized spacial score (nSPS) is 25.0. The van der Waals surface area contributed by atoms with Gasteiger partial charge in [-0.15, -0.1) is 5.10 Å². The van der Waals surface area contributed by atoms with Crippen molar-refractivity contribution < 1.29 is 29.3 Å². The molecular formula is C39H42N6O6. The number of carbonyl (C=O) groups is 3. The summed E-state index contributed by atoms with van der Waals surface area (Å²) < 4.78 is 8.66. The molecule has 3 saturated heterocycles. The van der Waals surface area contributed by atoms with Crippen LogP contribution in [0.1, 0.15) is 68.5 Å². The zero-order valence-electron chi connectivity index (χ0n) is 29.0. The Hall–Kier alpha value is -4.91. The maximum absolute atomic E-state index is 14.9. The molecule has 4 aromatic rings. The first-order valence-corrected chi connectivity index (χ1v) is 17.6. The molecule has 0 aliphatic carbocycles. The van der Waals surface area contributed by atoms with Crippen LogP contribution in [0.15, 0.2) is 79.0 Å². The fourth-order valence-electron chi connectivity index (χ4n) is 8.41. The van der Waals surface area contributed by atoms with Crippen molar-refractivity contribution in [1.82, 2.24) is 15.0 Å². The van der Waals surface area contributed by atoms with Crippen molar-refractivity contribution in [3.63, 3.8) is 0 Å². The van der Waals surface area contributed by atoms with Crippen LogP contribution in [0, 0.1) is 11.8 Å². The number of carbonyl (C=O) groups excluding carboxylic acids is 3. The van der Waals surface area contributed by atoms with Gasteiger partial charge in [0, 0.05) is 61.2 Å². The summed E-state index contributed by atoms with van der Waals surface area (Å²) in [4.78, 5) is 44.7. The molecule has 51 heavy (non-hydrogen) atoms. The average molecular weight is 691 g/mol. The van der Waals surface area contributed by atoms with Gasteiger partial charge in [0.25, 0.3) is 5.91 Å². The summed E-state index contributed by atoms with van der Waals surface area (Å²) in [6, 6.07) is 22.6. The Bertz CT molecular complexity index is 1990. The van der Waals surface area contributed by atoms with Crippen LogP contribution in [0.25, 0.3) is 0 Å². The Morgan fingerprint density at radius 3 is 2.24 bits per heavy atom. The molecule has 8 rings (SSSR count). The molecule has 4 aliphatic heterocycles. The van der Waals surface area contributed by atoms with Crippen LogP contribution in [0.5, 0.6) is 0 Å². The van der Waals surface area contributed by atoms with E-state index in [4.69, 9.17) is 4.74 Å². The number of anilines is 3. The fraction of sp³-hybridized carbons (Fsp3) is 0.410. The SMILES string of the molecule is C[C@H]1[C@H](C(C)(C)O)[C@@H](CCn2cc([C@H](O)c3ccccc3)nn2)O[C@]12C(=O)N(Cc1ccc(N3CCC3=O)cc1)c1ccc(N3CCC3=O)cc12. The molecule has 3 fully saturated rings. The van der Waals surface area contributed by atoms with Gasteiger partial charge >= 0.3 is 0 Å². The Labute approximate surface area is 296 Å². The second-order valence-corrected chi connectivity index (χ2v) is 14.7. The lowest BCUT2D eigenvalue weighted by atomic mass is 9.70. The smallest absolute Gasteiger partial charge is 0.264 e. The number of hydrogen-bond acceptors (Lipinski definition) is 8. The third-order valence-corrected chi connectivity index (χ3v) is 11.2. The van der Waals surface area contributed by atoms with E-state index in [0.717, 1.165) is 11.3 Å². The van der Waals surface area contributed by atoms with Gasteiger partial charge in [-0.1, -0.05) is 54.6 Å². The summed E-state index contributed by atoms with van der Waals surface area (Å²) in [7, 11) is 0. The first-order chi connectivity index (χ1) is 24.5. The Balaban J connectivity index is 1.10. The zero-order valence-corrected chi connectivity index (χ0v) is 29.0. The predicted molar refractivity (Wildman–Crippen MR) is 189 cm³/mol. The summed E-state index contributed by atoms with van der Waals surface area (Å²) in [6.45, 7) is 7.45. The van der Waals surface area contributed by atoms with Gasteiger partial charge in [0.1, 0.15) is 11.8 Å². The van der Waals surface area contributed by atoms with Crippen molar-refractivity contribution in [2.75, 3.05) is 27.8 Å². The van der Waals surface area contributed by atoms with Crippen LogP contribution in [-0.4, -0.2) is 67.7 Å². The largest absolute Gasteiger partial charge is 0.390 e. The van der Waals surface area contributed by atoms with E-state index in [1.807, 2.05) is 79.7 Å². The Morgan fingerprint density at radius 2 is 1.61 bits per heavy atom. The second-order valence-electron chi connectivity index (χ2n) is 14.7. The van der Waals surface area contributed by atoms with Crippen LogP contribution in [0.3, 0.4) is 0 Å². The van der Waals surface area contributed by atoms with Gasteiger partial charge < -0.3 is 29.6 Å². The number of aliphatic hydroxyl groups excluding tert-OH is 1. The third kappa shape index (κ3) is 5.53. The van der Waals surface area contributed by atoms with Gasteiger partial charge in [-0.05, 0) is 61.7 Å². The molecule has 12 heteroatoms. The van der Waals surface area contributed by atoms with E-state index in [0.29, 0.717) is 67.1 Å². The van der Waals surface area contributed by atoms with E-state index in [-0.39, 0.29) is 24.3 Å². The minimum atomic E-state index is -1.41. The van der Waals surface area contributed by atoms with E-state index in [2.05, 4.69) is 10.3 Å². The van der Waals surface area contributed by atoms with Crippen LogP contribution in [0.4, 0.5) is 17.1 Å². The van der Waals surface area contributed by atoms with E-state index in [9.17, 15) is 24.6 Å². The number of β-lactam (4-membered cyclic amide) rings is 2. The first kappa shape index (κ1) is 33.2. The van der Waals surface area contributed by atoms with Crippen LogP contribution < -0.4 is 14.7 Å². The van der Waals surface area contributed by atoms with Gasteiger partial charge in [0.15, 0.2) is 5.60 Å². The highest BCUT2D eigenvalue weighted by Gasteiger charge is 2.65. The molecule has 4 aliphatic rings. The number of aryl methyl sites for hydroxylation is 1. The summed E-state index contributed by atoms with van der Waals surface area (Å²) >= 11 is 0. The maximum atomic E-state index is 14.9. The van der Waals surface area contributed by atoms with Crippen LogP contribution >= 0.6 is 0 Å². The predicted octanol–water partition coefficient (Wildman–Crippen LogP) is 4.09.